The number of amides is 1. The van der Waals surface area contributed by atoms with Crippen molar-refractivity contribution < 1.29 is 22.7 Å². The number of aromatic nitrogens is 2. The van der Waals surface area contributed by atoms with Gasteiger partial charge in [0, 0.05) is 36.8 Å². The third-order valence-electron chi connectivity index (χ3n) is 3.95. The van der Waals surface area contributed by atoms with Gasteiger partial charge in [0.2, 0.25) is 11.8 Å². The van der Waals surface area contributed by atoms with E-state index < -0.39 is 9.84 Å². The summed E-state index contributed by atoms with van der Waals surface area (Å²) in [6.45, 7) is 0.335. The Morgan fingerprint density at radius 2 is 1.87 bits per heavy atom. The molecule has 0 atom stereocenters. The third-order valence-corrected chi connectivity index (χ3v) is 5.08. The maximum absolute atomic E-state index is 12.2. The van der Waals surface area contributed by atoms with E-state index in [1.165, 1.54) is 24.5 Å². The SMILES string of the molecule is CS(=O)(=O)c1ccc(OCCCC(=O)Nc2cccc(Oc3cnccn3)c2)cc1. The van der Waals surface area contributed by atoms with Crippen molar-refractivity contribution >= 4 is 21.4 Å². The van der Waals surface area contributed by atoms with Gasteiger partial charge in [-0.25, -0.2) is 13.4 Å². The van der Waals surface area contributed by atoms with E-state index >= 15 is 0 Å². The molecule has 3 rings (SSSR count). The average molecular weight is 427 g/mol. The molecule has 0 bridgehead atoms. The van der Waals surface area contributed by atoms with Gasteiger partial charge in [-0.15, -0.1) is 0 Å². The normalized spacial score (nSPS) is 11.0. The lowest BCUT2D eigenvalue weighted by molar-refractivity contribution is -0.116. The Morgan fingerprint density at radius 3 is 2.57 bits per heavy atom. The van der Waals surface area contributed by atoms with E-state index in [1.807, 2.05) is 0 Å². The molecule has 1 amide bonds. The van der Waals surface area contributed by atoms with Crippen LogP contribution in [0.3, 0.4) is 0 Å². The standard InChI is InChI=1S/C21H21N3O5S/c1-30(26,27)19-9-7-17(8-10-19)28-13-3-6-20(25)24-16-4-2-5-18(14-16)29-21-15-22-11-12-23-21/h2,4-5,7-12,14-15H,3,6,13H2,1H3,(H,24,25). The van der Waals surface area contributed by atoms with E-state index in [0.29, 0.717) is 36.1 Å². The van der Waals surface area contributed by atoms with Gasteiger partial charge in [0.05, 0.1) is 17.7 Å². The van der Waals surface area contributed by atoms with Crippen LogP contribution in [0.5, 0.6) is 17.4 Å². The lowest BCUT2D eigenvalue weighted by Gasteiger charge is -2.09. The number of anilines is 1. The summed E-state index contributed by atoms with van der Waals surface area (Å²) in [5.74, 6) is 1.30. The number of hydrogen-bond acceptors (Lipinski definition) is 7. The summed E-state index contributed by atoms with van der Waals surface area (Å²) in [4.78, 5) is 20.4. The van der Waals surface area contributed by atoms with Crippen molar-refractivity contribution in [3.63, 3.8) is 0 Å². The van der Waals surface area contributed by atoms with Crippen LogP contribution in [-0.2, 0) is 14.6 Å². The number of nitrogens with one attached hydrogen (secondary N) is 1. The summed E-state index contributed by atoms with van der Waals surface area (Å²) in [7, 11) is -3.23. The first-order valence-electron chi connectivity index (χ1n) is 9.17. The minimum Gasteiger partial charge on any atom is -0.494 e. The molecule has 0 aliphatic rings. The first-order chi connectivity index (χ1) is 14.4. The van der Waals surface area contributed by atoms with Crippen molar-refractivity contribution in [2.45, 2.75) is 17.7 Å². The fourth-order valence-corrected chi connectivity index (χ4v) is 3.16. The Hall–Kier alpha value is -3.46. The summed E-state index contributed by atoms with van der Waals surface area (Å²) in [6.07, 6.45) is 6.52. The number of hydrogen-bond donors (Lipinski definition) is 1. The van der Waals surface area contributed by atoms with Crippen LogP contribution in [-0.4, -0.2) is 37.2 Å². The molecule has 0 saturated carbocycles. The quantitative estimate of drug-likeness (QED) is 0.521. The van der Waals surface area contributed by atoms with Crippen LogP contribution in [0.1, 0.15) is 12.8 Å². The number of carbonyl (C=O) groups excluding carboxylic acids is 1. The highest BCUT2D eigenvalue weighted by Crippen LogP contribution is 2.22. The molecule has 0 aliphatic carbocycles. The van der Waals surface area contributed by atoms with Crippen molar-refractivity contribution in [1.29, 1.82) is 0 Å². The Bertz CT molecular complexity index is 1090. The van der Waals surface area contributed by atoms with E-state index in [-0.39, 0.29) is 17.2 Å². The topological polar surface area (TPSA) is 107 Å². The molecule has 30 heavy (non-hydrogen) atoms. The molecule has 9 heteroatoms. The van der Waals surface area contributed by atoms with Crippen LogP contribution in [0.2, 0.25) is 0 Å². The summed E-state index contributed by atoms with van der Waals surface area (Å²) in [6, 6.07) is 13.2. The van der Waals surface area contributed by atoms with Crippen molar-refractivity contribution in [2.75, 3.05) is 18.2 Å². The van der Waals surface area contributed by atoms with Crippen LogP contribution in [0, 0.1) is 0 Å². The van der Waals surface area contributed by atoms with Crippen molar-refractivity contribution in [3.8, 4) is 17.4 Å². The van der Waals surface area contributed by atoms with Gasteiger partial charge in [-0.3, -0.25) is 9.78 Å². The number of carbonyl (C=O) groups is 1. The third kappa shape index (κ3) is 6.56. The highest BCUT2D eigenvalue weighted by Gasteiger charge is 2.07. The first kappa shape index (κ1) is 21.3. The molecular weight excluding hydrogens is 406 g/mol. The molecule has 0 fully saturated rings. The van der Waals surface area contributed by atoms with Gasteiger partial charge < -0.3 is 14.8 Å². The number of ether oxygens (including phenoxy) is 2. The van der Waals surface area contributed by atoms with Gasteiger partial charge in [-0.1, -0.05) is 6.07 Å². The van der Waals surface area contributed by atoms with E-state index in [1.54, 1.807) is 42.6 Å². The summed E-state index contributed by atoms with van der Waals surface area (Å²) in [5.41, 5.74) is 0.610. The second-order valence-corrected chi connectivity index (χ2v) is 8.43. The highest BCUT2D eigenvalue weighted by atomic mass is 32.2. The van der Waals surface area contributed by atoms with Crippen LogP contribution in [0.25, 0.3) is 0 Å². The lowest BCUT2D eigenvalue weighted by atomic mass is 10.2. The Kier molecular flexibility index (Phi) is 6.97. The maximum Gasteiger partial charge on any atom is 0.237 e. The monoisotopic (exact) mass is 427 g/mol. The second kappa shape index (κ2) is 9.84. The maximum atomic E-state index is 12.2. The van der Waals surface area contributed by atoms with Crippen molar-refractivity contribution in [3.05, 3.63) is 67.1 Å². The average Bonchev–Trinajstić information content (AvgIpc) is 2.72. The minimum absolute atomic E-state index is 0.150. The molecule has 0 aliphatic heterocycles. The Morgan fingerprint density at radius 1 is 1.07 bits per heavy atom. The van der Waals surface area contributed by atoms with Crippen LogP contribution >= 0.6 is 0 Å². The van der Waals surface area contributed by atoms with Gasteiger partial charge in [-0.2, -0.15) is 0 Å². The Balaban J connectivity index is 1.43. The van der Waals surface area contributed by atoms with Gasteiger partial charge in [0.1, 0.15) is 11.5 Å². The molecule has 0 saturated heterocycles. The molecule has 1 N–H and O–H groups in total. The molecule has 1 heterocycles. The zero-order valence-corrected chi connectivity index (χ0v) is 17.1. The lowest BCUT2D eigenvalue weighted by Crippen LogP contribution is -2.12. The van der Waals surface area contributed by atoms with E-state index in [9.17, 15) is 13.2 Å². The van der Waals surface area contributed by atoms with Crippen molar-refractivity contribution in [2.24, 2.45) is 0 Å². The fourth-order valence-electron chi connectivity index (χ4n) is 2.53. The van der Waals surface area contributed by atoms with E-state index in [0.717, 1.165) is 6.26 Å². The van der Waals surface area contributed by atoms with E-state index in [2.05, 4.69) is 15.3 Å². The molecule has 3 aromatic rings. The molecule has 8 nitrogen and oxygen atoms in total. The molecule has 0 spiro atoms. The van der Waals surface area contributed by atoms with Gasteiger partial charge in [0.15, 0.2) is 9.84 Å². The van der Waals surface area contributed by atoms with Gasteiger partial charge >= 0.3 is 0 Å². The second-order valence-electron chi connectivity index (χ2n) is 6.42. The molecule has 0 radical (unpaired) electrons. The first-order valence-corrected chi connectivity index (χ1v) is 11.1. The zero-order chi connectivity index (χ0) is 21.4. The van der Waals surface area contributed by atoms with E-state index in [4.69, 9.17) is 9.47 Å². The number of benzene rings is 2. The molecule has 156 valence electrons. The molecular formula is C21H21N3O5S. The smallest absolute Gasteiger partial charge is 0.237 e. The molecule has 1 aromatic heterocycles. The van der Waals surface area contributed by atoms with Crippen molar-refractivity contribution in [1.82, 2.24) is 9.97 Å². The molecule has 2 aromatic carbocycles. The number of sulfone groups is 1. The van der Waals surface area contributed by atoms with Gasteiger partial charge in [-0.05, 0) is 42.8 Å². The predicted octanol–water partition coefficient (Wildman–Crippen LogP) is 3.47. The summed E-state index contributed by atoms with van der Waals surface area (Å²) >= 11 is 0. The molecule has 0 unspecified atom stereocenters. The summed E-state index contributed by atoms with van der Waals surface area (Å²) in [5, 5.41) is 2.81. The zero-order valence-electron chi connectivity index (χ0n) is 16.3. The largest absolute Gasteiger partial charge is 0.494 e. The predicted molar refractivity (Wildman–Crippen MR) is 111 cm³/mol. The van der Waals surface area contributed by atoms with Gasteiger partial charge in [0.25, 0.3) is 0 Å². The minimum atomic E-state index is -3.23. The van der Waals surface area contributed by atoms with Crippen LogP contribution in [0.4, 0.5) is 5.69 Å². The highest BCUT2D eigenvalue weighted by molar-refractivity contribution is 7.90. The van der Waals surface area contributed by atoms with Crippen LogP contribution < -0.4 is 14.8 Å². The fraction of sp³-hybridized carbons (Fsp3) is 0.190. The number of rotatable bonds is 9. The summed E-state index contributed by atoms with van der Waals surface area (Å²) < 4.78 is 34.0. The number of nitrogens with zero attached hydrogens (tertiary/aromatic N) is 2. The van der Waals surface area contributed by atoms with Crippen LogP contribution in [0.15, 0.2) is 72.0 Å². The Labute approximate surface area is 174 Å².